The Balaban J connectivity index is 0.00000161. The Morgan fingerprint density at radius 3 is 2.71 bits per heavy atom. The zero-order valence-corrected chi connectivity index (χ0v) is 13.8. The van der Waals surface area contributed by atoms with Gasteiger partial charge in [-0.05, 0) is 18.6 Å². The first-order valence-corrected chi connectivity index (χ1v) is 7.56. The van der Waals surface area contributed by atoms with Crippen LogP contribution in [0.1, 0.15) is 23.6 Å². The van der Waals surface area contributed by atoms with Crippen molar-refractivity contribution in [2.24, 2.45) is 0 Å². The SMILES string of the molecule is Cl.Clc1cccc(Cl)c1CNCCc1nnc2n1CCC2. The Kier molecular flexibility index (Phi) is 5.88. The van der Waals surface area contributed by atoms with Crippen LogP contribution in [0.4, 0.5) is 0 Å². The van der Waals surface area contributed by atoms with Crippen molar-refractivity contribution >= 4 is 35.6 Å². The lowest BCUT2D eigenvalue weighted by Gasteiger charge is -2.08. The van der Waals surface area contributed by atoms with Crippen LogP contribution in [0.2, 0.25) is 10.0 Å². The molecule has 3 rings (SSSR count). The summed E-state index contributed by atoms with van der Waals surface area (Å²) < 4.78 is 2.23. The Labute approximate surface area is 140 Å². The van der Waals surface area contributed by atoms with Crippen LogP contribution in [0.25, 0.3) is 0 Å². The maximum absolute atomic E-state index is 6.13. The summed E-state index contributed by atoms with van der Waals surface area (Å²) in [5.74, 6) is 2.18. The zero-order chi connectivity index (χ0) is 13.9. The number of hydrogen-bond acceptors (Lipinski definition) is 3. The molecular weight excluding hydrogens is 331 g/mol. The van der Waals surface area contributed by atoms with Gasteiger partial charge in [-0.2, -0.15) is 0 Å². The predicted octanol–water partition coefficient (Wildman–Crippen LogP) is 3.29. The number of rotatable bonds is 5. The average Bonchev–Trinajstić information content (AvgIpc) is 3.01. The van der Waals surface area contributed by atoms with Crippen LogP contribution in [0.15, 0.2) is 18.2 Å². The van der Waals surface area contributed by atoms with Crippen molar-refractivity contribution in [1.82, 2.24) is 20.1 Å². The highest BCUT2D eigenvalue weighted by molar-refractivity contribution is 6.35. The van der Waals surface area contributed by atoms with E-state index in [4.69, 9.17) is 23.2 Å². The van der Waals surface area contributed by atoms with Crippen molar-refractivity contribution in [3.63, 3.8) is 0 Å². The molecule has 0 aliphatic carbocycles. The number of nitrogens with one attached hydrogen (secondary N) is 1. The van der Waals surface area contributed by atoms with Crippen LogP contribution < -0.4 is 5.32 Å². The normalized spacial score (nSPS) is 13.0. The average molecular weight is 348 g/mol. The van der Waals surface area contributed by atoms with Crippen LogP contribution in [0, 0.1) is 0 Å². The summed E-state index contributed by atoms with van der Waals surface area (Å²) in [5, 5.41) is 13.2. The number of hydrogen-bond donors (Lipinski definition) is 1. The molecule has 0 bridgehead atoms. The van der Waals surface area contributed by atoms with Crippen molar-refractivity contribution < 1.29 is 0 Å². The molecule has 0 spiro atoms. The van der Waals surface area contributed by atoms with Gasteiger partial charge in [0.1, 0.15) is 11.6 Å². The first kappa shape index (κ1) is 16.6. The quantitative estimate of drug-likeness (QED) is 0.844. The van der Waals surface area contributed by atoms with E-state index < -0.39 is 0 Å². The van der Waals surface area contributed by atoms with Crippen LogP contribution in [-0.2, 0) is 25.9 Å². The molecule has 0 saturated carbocycles. The molecule has 1 aromatic carbocycles. The van der Waals surface area contributed by atoms with Gasteiger partial charge in [0.2, 0.25) is 0 Å². The molecule has 2 aromatic rings. The Morgan fingerprint density at radius 1 is 1.19 bits per heavy atom. The van der Waals surface area contributed by atoms with Gasteiger partial charge in [-0.25, -0.2) is 0 Å². The number of benzene rings is 1. The topological polar surface area (TPSA) is 42.7 Å². The third kappa shape index (κ3) is 3.69. The summed E-state index contributed by atoms with van der Waals surface area (Å²) >= 11 is 12.3. The van der Waals surface area contributed by atoms with E-state index in [9.17, 15) is 0 Å². The fourth-order valence-corrected chi connectivity index (χ4v) is 3.04. The van der Waals surface area contributed by atoms with Crippen molar-refractivity contribution in [1.29, 1.82) is 0 Å². The summed E-state index contributed by atoms with van der Waals surface area (Å²) in [5.41, 5.74) is 0.947. The Bertz CT molecular complexity index is 592. The van der Waals surface area contributed by atoms with Crippen LogP contribution in [0.5, 0.6) is 0 Å². The van der Waals surface area contributed by atoms with E-state index in [1.807, 2.05) is 18.2 Å². The minimum atomic E-state index is 0. The van der Waals surface area contributed by atoms with Crippen molar-refractivity contribution in [2.45, 2.75) is 32.4 Å². The number of nitrogens with zero attached hydrogens (tertiary/aromatic N) is 3. The Morgan fingerprint density at radius 2 is 1.95 bits per heavy atom. The van der Waals surface area contributed by atoms with Gasteiger partial charge in [0.05, 0.1) is 0 Å². The van der Waals surface area contributed by atoms with E-state index in [0.29, 0.717) is 16.6 Å². The first-order chi connectivity index (χ1) is 9.75. The fraction of sp³-hybridized carbons (Fsp3) is 0.429. The number of aromatic nitrogens is 3. The second-order valence-electron chi connectivity index (χ2n) is 4.91. The van der Waals surface area contributed by atoms with E-state index in [2.05, 4.69) is 20.1 Å². The third-order valence-electron chi connectivity index (χ3n) is 3.57. The summed E-state index contributed by atoms with van der Waals surface area (Å²) in [6.07, 6.45) is 3.10. The van der Waals surface area contributed by atoms with Gasteiger partial charge >= 0.3 is 0 Å². The molecule has 7 heteroatoms. The van der Waals surface area contributed by atoms with Crippen molar-refractivity contribution in [3.8, 4) is 0 Å². The molecule has 114 valence electrons. The van der Waals surface area contributed by atoms with Gasteiger partial charge in [-0.1, -0.05) is 29.3 Å². The number of fused-ring (bicyclic) bond motifs is 1. The molecule has 1 N–H and O–H groups in total. The van der Waals surface area contributed by atoms with E-state index in [0.717, 1.165) is 43.1 Å². The molecule has 1 aromatic heterocycles. The minimum Gasteiger partial charge on any atom is -0.315 e. The maximum atomic E-state index is 6.13. The van der Waals surface area contributed by atoms with Gasteiger partial charge < -0.3 is 9.88 Å². The second kappa shape index (κ2) is 7.45. The molecule has 0 amide bonds. The third-order valence-corrected chi connectivity index (χ3v) is 4.28. The number of aryl methyl sites for hydroxylation is 1. The summed E-state index contributed by atoms with van der Waals surface area (Å²) in [6.45, 7) is 2.55. The van der Waals surface area contributed by atoms with Gasteiger partial charge in [0.15, 0.2) is 0 Å². The molecule has 0 saturated heterocycles. The summed E-state index contributed by atoms with van der Waals surface area (Å²) in [6, 6.07) is 5.57. The first-order valence-electron chi connectivity index (χ1n) is 6.80. The summed E-state index contributed by atoms with van der Waals surface area (Å²) in [4.78, 5) is 0. The molecule has 21 heavy (non-hydrogen) atoms. The largest absolute Gasteiger partial charge is 0.315 e. The smallest absolute Gasteiger partial charge is 0.134 e. The standard InChI is InChI=1S/C14H16Cl2N4.ClH/c15-11-3-1-4-12(16)10(11)9-17-7-6-14-19-18-13-5-2-8-20(13)14;/h1,3-4,17H,2,5-9H2;1H. The highest BCUT2D eigenvalue weighted by Crippen LogP contribution is 2.23. The molecule has 4 nitrogen and oxygen atoms in total. The molecule has 1 aliphatic heterocycles. The van der Waals surface area contributed by atoms with Crippen LogP contribution in [-0.4, -0.2) is 21.3 Å². The van der Waals surface area contributed by atoms with E-state index in [1.165, 1.54) is 6.42 Å². The highest BCUT2D eigenvalue weighted by atomic mass is 35.5. The molecule has 2 heterocycles. The van der Waals surface area contributed by atoms with Gasteiger partial charge in [-0.3, -0.25) is 0 Å². The Hall–Kier alpha value is -0.810. The van der Waals surface area contributed by atoms with Crippen molar-refractivity contribution in [3.05, 3.63) is 45.5 Å². The number of halogens is 3. The van der Waals surface area contributed by atoms with Gasteiger partial charge in [-0.15, -0.1) is 22.6 Å². The molecule has 0 unspecified atom stereocenters. The monoisotopic (exact) mass is 346 g/mol. The lowest BCUT2D eigenvalue weighted by atomic mass is 10.2. The van der Waals surface area contributed by atoms with Crippen molar-refractivity contribution in [2.75, 3.05) is 6.54 Å². The lowest BCUT2D eigenvalue weighted by Crippen LogP contribution is -2.19. The van der Waals surface area contributed by atoms with E-state index in [-0.39, 0.29) is 12.4 Å². The molecule has 0 radical (unpaired) electrons. The van der Waals surface area contributed by atoms with E-state index >= 15 is 0 Å². The van der Waals surface area contributed by atoms with Gasteiger partial charge in [0.25, 0.3) is 0 Å². The van der Waals surface area contributed by atoms with E-state index in [1.54, 1.807) is 0 Å². The highest BCUT2D eigenvalue weighted by Gasteiger charge is 2.16. The fourth-order valence-electron chi connectivity index (χ4n) is 2.51. The zero-order valence-electron chi connectivity index (χ0n) is 11.5. The predicted molar refractivity (Wildman–Crippen MR) is 87.5 cm³/mol. The van der Waals surface area contributed by atoms with Crippen LogP contribution >= 0.6 is 35.6 Å². The van der Waals surface area contributed by atoms with Gasteiger partial charge in [0, 0.05) is 48.1 Å². The summed E-state index contributed by atoms with van der Waals surface area (Å²) in [7, 11) is 0. The maximum Gasteiger partial charge on any atom is 0.134 e. The second-order valence-corrected chi connectivity index (χ2v) is 5.73. The molecule has 1 aliphatic rings. The lowest BCUT2D eigenvalue weighted by molar-refractivity contribution is 0.630. The molecule has 0 atom stereocenters. The molecule has 0 fully saturated rings. The van der Waals surface area contributed by atoms with Crippen LogP contribution in [0.3, 0.4) is 0 Å². The molecular formula is C14H17Cl3N4. The minimum absolute atomic E-state index is 0.